The molecule has 0 saturated carbocycles. The van der Waals surface area contributed by atoms with Gasteiger partial charge < -0.3 is 14.4 Å². The Kier molecular flexibility index (Phi) is 6.62. The zero-order valence-electron chi connectivity index (χ0n) is 19.8. The highest BCUT2D eigenvalue weighted by Crippen LogP contribution is 2.37. The van der Waals surface area contributed by atoms with Crippen LogP contribution in [-0.4, -0.2) is 67.8 Å². The number of hydrogen-bond donors (Lipinski definition) is 0. The van der Waals surface area contributed by atoms with E-state index in [0.717, 1.165) is 11.0 Å². The summed E-state index contributed by atoms with van der Waals surface area (Å²) >= 11 is 0. The van der Waals surface area contributed by atoms with Gasteiger partial charge in [-0.25, -0.2) is 23.2 Å². The van der Waals surface area contributed by atoms with Crippen molar-refractivity contribution in [1.29, 1.82) is 0 Å². The summed E-state index contributed by atoms with van der Waals surface area (Å²) < 4.78 is 79.8. The summed E-state index contributed by atoms with van der Waals surface area (Å²) in [5.74, 6) is -8.25. The highest BCUT2D eigenvalue weighted by Gasteiger charge is 2.48. The second kappa shape index (κ2) is 9.93. The number of aromatic nitrogens is 4. The largest absolute Gasteiger partial charge is 0.491 e. The zero-order chi connectivity index (χ0) is 27.8. The molecule has 202 valence electrons. The summed E-state index contributed by atoms with van der Waals surface area (Å²) in [7, 11) is 0. The molecule has 1 aliphatic heterocycles. The molecular formula is C25H18F5N5O4. The van der Waals surface area contributed by atoms with E-state index in [1.54, 1.807) is 30.5 Å². The molecule has 1 amide bonds. The second-order valence-electron chi connectivity index (χ2n) is 8.59. The Morgan fingerprint density at radius 1 is 1.05 bits per heavy atom. The predicted octanol–water partition coefficient (Wildman–Crippen LogP) is 4.21. The average Bonchev–Trinajstić information content (AvgIpc) is 3.44. The van der Waals surface area contributed by atoms with Crippen LogP contribution in [0.1, 0.15) is 16.9 Å². The van der Waals surface area contributed by atoms with Gasteiger partial charge in [-0.2, -0.15) is 18.3 Å². The van der Waals surface area contributed by atoms with Crippen LogP contribution in [-0.2, 0) is 4.79 Å². The van der Waals surface area contributed by atoms with Gasteiger partial charge in [-0.05, 0) is 30.3 Å². The van der Waals surface area contributed by atoms with E-state index in [2.05, 4.69) is 19.8 Å². The van der Waals surface area contributed by atoms with Crippen LogP contribution in [0.2, 0.25) is 0 Å². The lowest BCUT2D eigenvalue weighted by Gasteiger charge is -2.37. The fourth-order valence-corrected chi connectivity index (χ4v) is 3.97. The van der Waals surface area contributed by atoms with Crippen LogP contribution >= 0.6 is 0 Å². The Morgan fingerprint density at radius 2 is 1.85 bits per heavy atom. The third-order valence-corrected chi connectivity index (χ3v) is 5.94. The Balaban J connectivity index is 1.42. The Hall–Kier alpha value is -4.62. The molecule has 0 aliphatic carbocycles. The van der Waals surface area contributed by atoms with Crippen molar-refractivity contribution in [2.75, 3.05) is 13.1 Å². The van der Waals surface area contributed by atoms with Crippen LogP contribution in [0.3, 0.4) is 0 Å². The lowest BCUT2D eigenvalue weighted by Crippen LogP contribution is -2.55. The summed E-state index contributed by atoms with van der Waals surface area (Å²) in [5.41, 5.74) is 0.687. The molecule has 1 saturated heterocycles. The summed E-state index contributed by atoms with van der Waals surface area (Å²) in [4.78, 5) is 33.8. The lowest BCUT2D eigenvalue weighted by atomic mass is 10.0. The molecule has 14 heteroatoms. The van der Waals surface area contributed by atoms with Gasteiger partial charge >= 0.3 is 12.1 Å². The number of halogens is 5. The monoisotopic (exact) mass is 547 g/mol. The summed E-state index contributed by atoms with van der Waals surface area (Å²) in [6.07, 6.45) is -3.60. The number of benzene rings is 1. The number of nitrogens with zero attached hydrogens (tertiary/aromatic N) is 5. The van der Waals surface area contributed by atoms with E-state index >= 15 is 0 Å². The molecule has 1 aromatic carbocycles. The van der Waals surface area contributed by atoms with Crippen LogP contribution < -0.4 is 9.47 Å². The van der Waals surface area contributed by atoms with Gasteiger partial charge in [0.2, 0.25) is 0 Å². The number of likely N-dealkylation sites (tertiary alicyclic amines) is 1. The molecule has 5 rings (SSSR count). The highest BCUT2D eigenvalue weighted by molar-refractivity contribution is 5.93. The van der Waals surface area contributed by atoms with E-state index in [-0.39, 0.29) is 23.1 Å². The number of pyridine rings is 2. The molecule has 39 heavy (non-hydrogen) atoms. The van der Waals surface area contributed by atoms with Crippen molar-refractivity contribution < 1.29 is 41.0 Å². The van der Waals surface area contributed by atoms with Gasteiger partial charge in [0.25, 0.3) is 17.7 Å². The molecule has 0 spiro atoms. The molecule has 4 heterocycles. The first-order chi connectivity index (χ1) is 18.5. The molecule has 9 nitrogen and oxygen atoms in total. The zero-order valence-corrected chi connectivity index (χ0v) is 19.8. The van der Waals surface area contributed by atoms with Crippen LogP contribution in [0.4, 0.5) is 22.0 Å². The molecular weight excluding hydrogens is 529 g/mol. The average molecular weight is 547 g/mol. The number of amides is 1. The number of alkyl halides is 5. The SMILES string of the molecule is O=C(c1cc(-n2cccn2)ccn1)N1CCC(F)(F)[C@@H](Oc2nc3ccccc3cc2OC(=O)C(F)(F)F)C1. The van der Waals surface area contributed by atoms with E-state index in [9.17, 15) is 31.5 Å². The van der Waals surface area contributed by atoms with Crippen LogP contribution in [0.5, 0.6) is 11.6 Å². The minimum absolute atomic E-state index is 0.0319. The van der Waals surface area contributed by atoms with Crippen molar-refractivity contribution in [2.24, 2.45) is 0 Å². The molecule has 3 aromatic heterocycles. The quantitative estimate of drug-likeness (QED) is 0.273. The molecule has 0 bridgehead atoms. The third-order valence-electron chi connectivity index (χ3n) is 5.94. The fourth-order valence-electron chi connectivity index (χ4n) is 3.97. The first kappa shape index (κ1) is 26.0. The number of esters is 1. The molecule has 1 atom stereocenters. The van der Waals surface area contributed by atoms with Gasteiger partial charge in [-0.1, -0.05) is 18.2 Å². The maximum Gasteiger partial charge on any atom is 0.491 e. The number of ether oxygens (including phenoxy) is 2. The number of rotatable bonds is 5. The normalized spacial score (nSPS) is 17.2. The van der Waals surface area contributed by atoms with Crippen molar-refractivity contribution >= 4 is 22.8 Å². The van der Waals surface area contributed by atoms with Crippen LogP contribution in [0.25, 0.3) is 16.6 Å². The first-order valence-electron chi connectivity index (χ1n) is 11.5. The van der Waals surface area contributed by atoms with Gasteiger partial charge in [-0.15, -0.1) is 0 Å². The molecule has 0 N–H and O–H groups in total. The molecule has 0 unspecified atom stereocenters. The minimum atomic E-state index is -5.35. The van der Waals surface area contributed by atoms with Crippen molar-refractivity contribution in [3.63, 3.8) is 0 Å². The Labute approximate surface area is 216 Å². The van der Waals surface area contributed by atoms with E-state index in [4.69, 9.17) is 4.74 Å². The third kappa shape index (κ3) is 5.49. The van der Waals surface area contributed by atoms with Gasteiger partial charge in [0.15, 0.2) is 11.9 Å². The summed E-state index contributed by atoms with van der Waals surface area (Å²) in [6, 6.07) is 11.9. The summed E-state index contributed by atoms with van der Waals surface area (Å²) in [6.45, 7) is -0.971. The maximum atomic E-state index is 14.9. The number of piperidine rings is 1. The number of carbonyl (C=O) groups is 2. The van der Waals surface area contributed by atoms with Crippen molar-refractivity contribution in [3.05, 3.63) is 72.8 Å². The minimum Gasteiger partial charge on any atom is -0.463 e. The van der Waals surface area contributed by atoms with Crippen LogP contribution in [0, 0.1) is 0 Å². The van der Waals surface area contributed by atoms with Gasteiger partial charge in [0.1, 0.15) is 5.69 Å². The smallest absolute Gasteiger partial charge is 0.463 e. The van der Waals surface area contributed by atoms with E-state index in [0.29, 0.717) is 5.69 Å². The van der Waals surface area contributed by atoms with E-state index in [1.165, 1.54) is 35.3 Å². The van der Waals surface area contributed by atoms with Crippen molar-refractivity contribution in [2.45, 2.75) is 24.6 Å². The van der Waals surface area contributed by atoms with E-state index in [1.807, 2.05) is 0 Å². The predicted molar refractivity (Wildman–Crippen MR) is 125 cm³/mol. The Bertz CT molecular complexity index is 1530. The highest BCUT2D eigenvalue weighted by atomic mass is 19.4. The first-order valence-corrected chi connectivity index (χ1v) is 11.5. The number of para-hydroxylation sites is 1. The number of hydrogen-bond acceptors (Lipinski definition) is 7. The van der Waals surface area contributed by atoms with E-state index < -0.39 is 54.7 Å². The molecule has 4 aromatic rings. The van der Waals surface area contributed by atoms with Crippen molar-refractivity contribution in [1.82, 2.24) is 24.6 Å². The number of fused-ring (bicyclic) bond motifs is 1. The maximum absolute atomic E-state index is 14.9. The van der Waals surface area contributed by atoms with Crippen molar-refractivity contribution in [3.8, 4) is 17.3 Å². The molecule has 1 fully saturated rings. The fraction of sp³-hybridized carbons (Fsp3) is 0.240. The topological polar surface area (TPSA) is 99.4 Å². The van der Waals surface area contributed by atoms with Gasteiger partial charge in [0.05, 0.1) is 17.7 Å². The number of carbonyl (C=O) groups excluding carboxylic acids is 2. The van der Waals surface area contributed by atoms with Crippen LogP contribution in [0.15, 0.2) is 67.1 Å². The van der Waals surface area contributed by atoms with Gasteiger partial charge in [-0.3, -0.25) is 9.78 Å². The second-order valence-corrected chi connectivity index (χ2v) is 8.59. The lowest BCUT2D eigenvalue weighted by molar-refractivity contribution is -0.190. The molecule has 1 aliphatic rings. The van der Waals surface area contributed by atoms with Gasteiger partial charge in [0, 0.05) is 36.9 Å². The summed E-state index contributed by atoms with van der Waals surface area (Å²) in [5, 5.41) is 4.36. The standard InChI is InChI=1S/C25H18F5N5O4/c26-24(27)7-11-34(22(36)18-13-16(6-9-31-18)35-10-3-8-32-35)14-20(24)39-21-19(38-23(37)25(28,29)30)12-15-4-1-2-5-17(15)33-21/h1-6,8-10,12-13,20H,7,11,14H2/t20-/m0/s1. The Morgan fingerprint density at radius 3 is 2.59 bits per heavy atom. The molecule has 0 radical (unpaired) electrons.